The average molecular weight is 443 g/mol. The van der Waals surface area contributed by atoms with Crippen LogP contribution in [0.25, 0.3) is 11.0 Å². The van der Waals surface area contributed by atoms with Crippen LogP contribution in [0.3, 0.4) is 0 Å². The Morgan fingerprint density at radius 1 is 1.48 bits per heavy atom. The van der Waals surface area contributed by atoms with Crippen molar-refractivity contribution in [1.29, 1.82) is 5.26 Å². The molecule has 0 bridgehead atoms. The van der Waals surface area contributed by atoms with E-state index in [0.29, 0.717) is 40.7 Å². The first kappa shape index (κ1) is 23.1. The number of nitrogens with one attached hydrogen (secondary N) is 1. The first-order chi connectivity index (χ1) is 13.7. The number of thioether (sulfide) groups is 1. The van der Waals surface area contributed by atoms with Crippen molar-refractivity contribution in [3.05, 3.63) is 18.2 Å². The number of rotatable bonds is 9. The summed E-state index contributed by atoms with van der Waals surface area (Å²) in [5, 5.41) is 21.0. The summed E-state index contributed by atoms with van der Waals surface area (Å²) < 4.78 is 25.4. The highest BCUT2D eigenvalue weighted by molar-refractivity contribution is 8.00. The number of hydrogen-bond acceptors (Lipinski definition) is 8. The Labute approximate surface area is 177 Å². The molecular weight excluding hydrogens is 419 g/mol. The molecule has 0 spiro atoms. The zero-order chi connectivity index (χ0) is 21.4. The summed E-state index contributed by atoms with van der Waals surface area (Å²) >= 11 is 1.40. The summed E-state index contributed by atoms with van der Waals surface area (Å²) in [6.07, 6.45) is -1.04. The van der Waals surface area contributed by atoms with Crippen molar-refractivity contribution in [2.45, 2.75) is 44.1 Å². The first-order valence-corrected chi connectivity index (χ1v) is 10.5. The summed E-state index contributed by atoms with van der Waals surface area (Å²) in [5.41, 5.74) is 0.575. The van der Waals surface area contributed by atoms with E-state index >= 15 is 0 Å². The molecule has 0 radical (unpaired) electrons. The molecule has 1 heterocycles. The molecule has 11 heteroatoms. The molecule has 2 aromatic rings. The van der Waals surface area contributed by atoms with Crippen LogP contribution in [-0.4, -0.2) is 50.8 Å². The van der Waals surface area contributed by atoms with Crippen LogP contribution in [0, 0.1) is 11.3 Å². The lowest BCUT2D eigenvalue weighted by Gasteiger charge is -2.19. The lowest BCUT2D eigenvalue weighted by molar-refractivity contribution is 0.0528. The zero-order valence-electron chi connectivity index (χ0n) is 16.3. The van der Waals surface area contributed by atoms with E-state index in [2.05, 4.69) is 10.3 Å². The fraction of sp³-hybridized carbons (Fsp3) is 0.500. The summed E-state index contributed by atoms with van der Waals surface area (Å²) in [5.74, 6) is 1.03. The minimum Gasteiger partial charge on any atom is -0.490 e. The van der Waals surface area contributed by atoms with Gasteiger partial charge in [0.05, 0.1) is 17.1 Å². The highest BCUT2D eigenvalue weighted by Crippen LogP contribution is 2.31. The highest BCUT2D eigenvalue weighted by atomic mass is 32.2. The van der Waals surface area contributed by atoms with E-state index in [1.165, 1.54) is 15.7 Å². The van der Waals surface area contributed by atoms with Crippen LogP contribution in [0.4, 0.5) is 8.68 Å². The van der Waals surface area contributed by atoms with E-state index in [1.807, 2.05) is 0 Å². The molecule has 1 aromatic carbocycles. The van der Waals surface area contributed by atoms with Crippen molar-refractivity contribution >= 4 is 41.2 Å². The molecule has 158 valence electrons. The number of ether oxygens (including phenoxy) is 2. The van der Waals surface area contributed by atoms with Crippen LogP contribution < -0.4 is 10.1 Å². The van der Waals surface area contributed by atoms with Gasteiger partial charge in [0.15, 0.2) is 23.6 Å². The number of alkyl carbamates (subject to hydrolysis) is 1. The fourth-order valence-electron chi connectivity index (χ4n) is 2.21. The minimum atomic E-state index is -1.23. The van der Waals surface area contributed by atoms with Crippen molar-refractivity contribution < 1.29 is 23.3 Å². The van der Waals surface area contributed by atoms with Crippen molar-refractivity contribution in [2.75, 3.05) is 18.9 Å². The number of halogens is 1. The summed E-state index contributed by atoms with van der Waals surface area (Å²) in [6.45, 7) is 5.65. The molecule has 0 aliphatic heterocycles. The standard InChI is InChI=1S/C18H23FN4O4S2/c1-18(2,3)27-17(25)21-7-4-8-28-16-22-14-6-5-13(26-11-12(24)10-20)9-15(14)23(16)29-19/h5-6,9,12,24H,4,7-8,11H2,1-3H3,(H,21,25). The largest absolute Gasteiger partial charge is 0.490 e. The first-order valence-electron chi connectivity index (χ1n) is 8.85. The number of nitrogens with zero attached hydrogens (tertiary/aromatic N) is 3. The number of fused-ring (bicyclic) bond motifs is 1. The van der Waals surface area contributed by atoms with Gasteiger partial charge in [0, 0.05) is 18.4 Å². The molecule has 0 saturated heterocycles. The number of carbonyl (C=O) groups is 1. The van der Waals surface area contributed by atoms with Crippen molar-refractivity contribution in [3.63, 3.8) is 0 Å². The second-order valence-electron chi connectivity index (χ2n) is 6.99. The van der Waals surface area contributed by atoms with Crippen LogP contribution in [0.1, 0.15) is 27.2 Å². The normalized spacial score (nSPS) is 12.4. The molecule has 0 aliphatic carbocycles. The third-order valence-corrected chi connectivity index (χ3v) is 5.05. The highest BCUT2D eigenvalue weighted by Gasteiger charge is 2.16. The van der Waals surface area contributed by atoms with Crippen molar-refractivity contribution in [3.8, 4) is 11.8 Å². The predicted octanol–water partition coefficient (Wildman–Crippen LogP) is 3.69. The van der Waals surface area contributed by atoms with Crippen molar-refractivity contribution in [2.24, 2.45) is 0 Å². The lowest BCUT2D eigenvalue weighted by atomic mass is 10.2. The average Bonchev–Trinajstić information content (AvgIpc) is 3.00. The number of carbonyl (C=O) groups excluding carboxylic acids is 1. The van der Waals surface area contributed by atoms with E-state index in [1.54, 1.807) is 45.0 Å². The van der Waals surface area contributed by atoms with Crippen LogP contribution in [0.5, 0.6) is 5.75 Å². The van der Waals surface area contributed by atoms with Gasteiger partial charge in [-0.3, -0.25) is 0 Å². The lowest BCUT2D eigenvalue weighted by Crippen LogP contribution is -2.33. The van der Waals surface area contributed by atoms with Gasteiger partial charge in [-0.25, -0.2) is 13.8 Å². The van der Waals surface area contributed by atoms with E-state index in [-0.39, 0.29) is 18.9 Å². The Hall–Kier alpha value is -2.16. The zero-order valence-corrected chi connectivity index (χ0v) is 18.0. The van der Waals surface area contributed by atoms with Gasteiger partial charge in [0.1, 0.15) is 18.0 Å². The number of aliphatic hydroxyl groups is 1. The van der Waals surface area contributed by atoms with Gasteiger partial charge in [-0.2, -0.15) is 5.26 Å². The number of imidazole rings is 1. The van der Waals surface area contributed by atoms with Crippen LogP contribution in [0.2, 0.25) is 0 Å². The SMILES string of the molecule is CC(C)(C)OC(=O)NCCCSc1nc2ccc(OCC(O)C#N)cc2n1SF. The number of aliphatic hydroxyl groups excluding tert-OH is 1. The molecule has 1 amide bonds. The molecule has 29 heavy (non-hydrogen) atoms. The van der Waals surface area contributed by atoms with E-state index in [9.17, 15) is 13.8 Å². The molecule has 0 saturated carbocycles. The van der Waals surface area contributed by atoms with Gasteiger partial charge in [-0.05, 0) is 39.3 Å². The summed E-state index contributed by atoms with van der Waals surface area (Å²) in [4.78, 5) is 16.0. The molecule has 2 N–H and O–H groups in total. The van der Waals surface area contributed by atoms with Gasteiger partial charge in [0.25, 0.3) is 0 Å². The molecule has 2 rings (SSSR count). The maximum Gasteiger partial charge on any atom is 0.407 e. The number of hydrogen-bond donors (Lipinski definition) is 2. The predicted molar refractivity (Wildman–Crippen MR) is 111 cm³/mol. The van der Waals surface area contributed by atoms with Gasteiger partial charge < -0.3 is 19.9 Å². The summed E-state index contributed by atoms with van der Waals surface area (Å²) in [6, 6.07) is 6.60. The third kappa shape index (κ3) is 7.30. The van der Waals surface area contributed by atoms with Crippen LogP contribution >= 0.6 is 24.1 Å². The monoisotopic (exact) mass is 442 g/mol. The number of benzene rings is 1. The second-order valence-corrected chi connectivity index (χ2v) is 8.56. The maximum atomic E-state index is 13.5. The molecule has 1 aromatic heterocycles. The number of aromatic nitrogens is 2. The summed E-state index contributed by atoms with van der Waals surface area (Å²) in [7, 11) is 0. The molecule has 1 unspecified atom stereocenters. The van der Waals surface area contributed by atoms with E-state index in [4.69, 9.17) is 14.7 Å². The van der Waals surface area contributed by atoms with Gasteiger partial charge in [0.2, 0.25) is 0 Å². The maximum absolute atomic E-state index is 13.5. The topological polar surface area (TPSA) is 109 Å². The Kier molecular flexibility index (Phi) is 8.43. The van der Waals surface area contributed by atoms with Gasteiger partial charge in [-0.15, -0.1) is 3.89 Å². The fourth-order valence-corrected chi connectivity index (χ4v) is 3.62. The van der Waals surface area contributed by atoms with Gasteiger partial charge in [-0.1, -0.05) is 11.8 Å². The third-order valence-electron chi connectivity index (χ3n) is 3.40. The second kappa shape index (κ2) is 10.6. The molecular formula is C18H23FN4O4S2. The van der Waals surface area contributed by atoms with E-state index in [0.717, 1.165) is 0 Å². The Morgan fingerprint density at radius 3 is 2.90 bits per heavy atom. The van der Waals surface area contributed by atoms with Gasteiger partial charge >= 0.3 is 6.09 Å². The quantitative estimate of drug-likeness (QED) is 0.344. The number of amides is 1. The smallest absolute Gasteiger partial charge is 0.407 e. The molecule has 0 aliphatic rings. The molecule has 0 fully saturated rings. The Morgan fingerprint density at radius 2 is 2.24 bits per heavy atom. The molecule has 1 atom stereocenters. The van der Waals surface area contributed by atoms with Crippen LogP contribution in [-0.2, 0) is 4.74 Å². The van der Waals surface area contributed by atoms with Crippen molar-refractivity contribution in [1.82, 2.24) is 14.3 Å². The minimum absolute atomic E-state index is 0.0305. The molecule has 8 nitrogen and oxygen atoms in total. The van der Waals surface area contributed by atoms with E-state index < -0.39 is 17.8 Å². The number of nitriles is 1. The Bertz CT molecular complexity index is 879. The Balaban J connectivity index is 1.92. The van der Waals surface area contributed by atoms with Crippen LogP contribution in [0.15, 0.2) is 23.4 Å².